The maximum Gasteiger partial charge on any atom is 0.351 e. The Kier molecular flexibility index (Phi) is 6.46. The van der Waals surface area contributed by atoms with Gasteiger partial charge >= 0.3 is 5.69 Å². The van der Waals surface area contributed by atoms with Gasteiger partial charge < -0.3 is 15.2 Å². The second-order valence-corrected chi connectivity index (χ2v) is 6.68. The topological polar surface area (TPSA) is 98.4 Å². The Morgan fingerprint density at radius 2 is 1.86 bits per heavy atom. The maximum atomic E-state index is 13.1. The zero-order valence-corrected chi connectivity index (χ0v) is 16.4. The summed E-state index contributed by atoms with van der Waals surface area (Å²) in [5, 5.41) is 16.3. The van der Waals surface area contributed by atoms with Gasteiger partial charge in [-0.3, -0.25) is 9.36 Å². The molecule has 3 aromatic rings. The summed E-state index contributed by atoms with van der Waals surface area (Å²) in [7, 11) is 1.52. The summed E-state index contributed by atoms with van der Waals surface area (Å²) in [6, 6.07) is 16.3. The molecule has 0 spiro atoms. The van der Waals surface area contributed by atoms with Crippen molar-refractivity contribution in [2.45, 2.75) is 25.9 Å². The van der Waals surface area contributed by atoms with Crippen LogP contribution in [-0.2, 0) is 17.8 Å². The minimum Gasteiger partial charge on any atom is -0.494 e. The average molecular weight is 396 g/mol. The fourth-order valence-corrected chi connectivity index (χ4v) is 2.98. The van der Waals surface area contributed by atoms with E-state index in [9.17, 15) is 9.59 Å². The molecule has 1 atom stereocenters. The lowest BCUT2D eigenvalue weighted by Gasteiger charge is -2.11. The van der Waals surface area contributed by atoms with Gasteiger partial charge in [-0.1, -0.05) is 42.5 Å². The van der Waals surface area contributed by atoms with Crippen molar-refractivity contribution >= 4 is 5.91 Å². The Bertz CT molecular complexity index is 1030. The van der Waals surface area contributed by atoms with Crippen molar-refractivity contribution in [3.63, 3.8) is 0 Å². The third-order valence-electron chi connectivity index (χ3n) is 4.44. The van der Waals surface area contributed by atoms with Crippen LogP contribution in [0.15, 0.2) is 59.4 Å². The van der Waals surface area contributed by atoms with E-state index < -0.39 is 11.7 Å². The van der Waals surface area contributed by atoms with E-state index >= 15 is 0 Å². The number of carbonyl (C=O) groups is 1. The number of aromatic nitrogens is 3. The summed E-state index contributed by atoms with van der Waals surface area (Å²) < 4.78 is 7.95. The van der Waals surface area contributed by atoms with Crippen molar-refractivity contribution in [3.05, 3.63) is 76.5 Å². The number of aliphatic hydroxyl groups is 1. The molecule has 0 aliphatic carbocycles. The molecule has 29 heavy (non-hydrogen) atoms. The molecular formula is C21H24N4O4. The van der Waals surface area contributed by atoms with Crippen molar-refractivity contribution in [2.75, 3.05) is 13.7 Å². The molecule has 1 amide bonds. The van der Waals surface area contributed by atoms with Crippen LogP contribution < -0.4 is 15.7 Å². The SMILES string of the molecule is COc1ccccc1-n1nc(Cc2ccccc2)n(CC(=O)NC(C)CO)c1=O. The third-order valence-corrected chi connectivity index (χ3v) is 4.44. The van der Waals surface area contributed by atoms with E-state index in [4.69, 9.17) is 9.84 Å². The number of rotatable bonds is 8. The fourth-order valence-electron chi connectivity index (χ4n) is 2.98. The highest BCUT2D eigenvalue weighted by Gasteiger charge is 2.20. The lowest BCUT2D eigenvalue weighted by Crippen LogP contribution is -2.39. The van der Waals surface area contributed by atoms with Gasteiger partial charge in [-0.25, -0.2) is 4.79 Å². The van der Waals surface area contributed by atoms with E-state index in [0.29, 0.717) is 23.7 Å². The summed E-state index contributed by atoms with van der Waals surface area (Å²) in [5.74, 6) is 0.588. The van der Waals surface area contributed by atoms with Gasteiger partial charge in [-0.05, 0) is 24.6 Å². The second kappa shape index (κ2) is 9.20. The van der Waals surface area contributed by atoms with Crippen molar-refractivity contribution in [2.24, 2.45) is 0 Å². The van der Waals surface area contributed by atoms with Crippen molar-refractivity contribution in [3.8, 4) is 11.4 Å². The third kappa shape index (κ3) is 4.72. The molecule has 1 unspecified atom stereocenters. The van der Waals surface area contributed by atoms with Gasteiger partial charge in [-0.15, -0.1) is 5.10 Å². The Labute approximate surface area is 168 Å². The number of nitrogens with zero attached hydrogens (tertiary/aromatic N) is 3. The first-order chi connectivity index (χ1) is 14.0. The van der Waals surface area contributed by atoms with Crippen LogP contribution in [0.4, 0.5) is 0 Å². The Hall–Kier alpha value is -3.39. The number of hydrogen-bond acceptors (Lipinski definition) is 5. The molecule has 8 nitrogen and oxygen atoms in total. The zero-order valence-electron chi connectivity index (χ0n) is 16.4. The van der Waals surface area contributed by atoms with Gasteiger partial charge in [0.15, 0.2) is 0 Å². The summed E-state index contributed by atoms with van der Waals surface area (Å²) in [6.45, 7) is 1.31. The van der Waals surface area contributed by atoms with E-state index in [1.165, 1.54) is 16.4 Å². The highest BCUT2D eigenvalue weighted by atomic mass is 16.5. The van der Waals surface area contributed by atoms with Crippen LogP contribution in [0, 0.1) is 0 Å². The van der Waals surface area contributed by atoms with Crippen LogP contribution >= 0.6 is 0 Å². The first-order valence-corrected chi connectivity index (χ1v) is 9.29. The summed E-state index contributed by atoms with van der Waals surface area (Å²) in [6.07, 6.45) is 0.390. The predicted octanol–water partition coefficient (Wildman–Crippen LogP) is 1.13. The number of nitrogens with one attached hydrogen (secondary N) is 1. The van der Waals surface area contributed by atoms with Gasteiger partial charge in [0.25, 0.3) is 0 Å². The molecule has 1 heterocycles. The number of para-hydroxylation sites is 2. The number of amides is 1. The number of ether oxygens (including phenoxy) is 1. The van der Waals surface area contributed by atoms with Crippen LogP contribution in [-0.4, -0.2) is 45.1 Å². The van der Waals surface area contributed by atoms with Crippen LogP contribution in [0.1, 0.15) is 18.3 Å². The van der Waals surface area contributed by atoms with Crippen LogP contribution in [0.3, 0.4) is 0 Å². The van der Waals surface area contributed by atoms with Crippen molar-refractivity contribution < 1.29 is 14.6 Å². The molecular weight excluding hydrogens is 372 g/mol. The predicted molar refractivity (Wildman–Crippen MR) is 108 cm³/mol. The normalized spacial score (nSPS) is 11.8. The van der Waals surface area contributed by atoms with Crippen LogP contribution in [0.2, 0.25) is 0 Å². The minimum absolute atomic E-state index is 0.183. The molecule has 0 saturated heterocycles. The summed E-state index contributed by atoms with van der Waals surface area (Å²) in [4.78, 5) is 25.5. The van der Waals surface area contributed by atoms with E-state index in [1.807, 2.05) is 30.3 Å². The molecule has 0 aliphatic heterocycles. The van der Waals surface area contributed by atoms with E-state index in [1.54, 1.807) is 31.2 Å². The first-order valence-electron chi connectivity index (χ1n) is 9.29. The Morgan fingerprint density at radius 3 is 2.55 bits per heavy atom. The van der Waals surface area contributed by atoms with Crippen LogP contribution in [0.5, 0.6) is 5.75 Å². The van der Waals surface area contributed by atoms with Gasteiger partial charge in [0.05, 0.1) is 13.7 Å². The molecule has 2 aromatic carbocycles. The molecule has 1 aromatic heterocycles. The van der Waals surface area contributed by atoms with Gasteiger partial charge in [-0.2, -0.15) is 4.68 Å². The monoisotopic (exact) mass is 396 g/mol. The zero-order chi connectivity index (χ0) is 20.8. The standard InChI is InChI=1S/C21H24N4O4/c1-15(14-26)22-20(27)13-24-19(12-16-8-4-3-5-9-16)23-25(21(24)28)17-10-6-7-11-18(17)29-2/h3-11,15,26H,12-14H2,1-2H3,(H,22,27). The summed E-state index contributed by atoms with van der Waals surface area (Å²) in [5.41, 5.74) is 1.03. The molecule has 0 fully saturated rings. The number of carbonyl (C=O) groups excluding carboxylic acids is 1. The molecule has 0 radical (unpaired) electrons. The second-order valence-electron chi connectivity index (χ2n) is 6.68. The lowest BCUT2D eigenvalue weighted by molar-refractivity contribution is -0.122. The highest BCUT2D eigenvalue weighted by Crippen LogP contribution is 2.20. The lowest BCUT2D eigenvalue weighted by atomic mass is 10.1. The molecule has 0 saturated carbocycles. The number of aliphatic hydroxyl groups excluding tert-OH is 1. The first kappa shape index (κ1) is 20.3. The number of methoxy groups -OCH3 is 1. The van der Waals surface area contributed by atoms with E-state index in [0.717, 1.165) is 5.56 Å². The molecule has 152 valence electrons. The Balaban J connectivity index is 2.03. The minimum atomic E-state index is -0.438. The van der Waals surface area contributed by atoms with E-state index in [2.05, 4.69) is 10.4 Å². The fraction of sp³-hybridized carbons (Fsp3) is 0.286. The maximum absolute atomic E-state index is 13.1. The van der Waals surface area contributed by atoms with Gasteiger partial charge in [0.2, 0.25) is 5.91 Å². The molecule has 0 aliphatic rings. The van der Waals surface area contributed by atoms with Gasteiger partial charge in [0.1, 0.15) is 23.8 Å². The van der Waals surface area contributed by atoms with Crippen molar-refractivity contribution in [1.29, 1.82) is 0 Å². The van der Waals surface area contributed by atoms with E-state index in [-0.39, 0.29) is 19.1 Å². The quantitative estimate of drug-likeness (QED) is 0.595. The molecule has 3 rings (SSSR count). The molecule has 8 heteroatoms. The van der Waals surface area contributed by atoms with Gasteiger partial charge in [0, 0.05) is 12.5 Å². The number of hydrogen-bond donors (Lipinski definition) is 2. The number of benzene rings is 2. The smallest absolute Gasteiger partial charge is 0.351 e. The molecule has 0 bridgehead atoms. The highest BCUT2D eigenvalue weighted by molar-refractivity contribution is 5.76. The largest absolute Gasteiger partial charge is 0.494 e. The summed E-state index contributed by atoms with van der Waals surface area (Å²) >= 11 is 0. The van der Waals surface area contributed by atoms with Crippen LogP contribution in [0.25, 0.3) is 5.69 Å². The molecule has 2 N–H and O–H groups in total. The van der Waals surface area contributed by atoms with Crippen molar-refractivity contribution in [1.82, 2.24) is 19.7 Å². The Morgan fingerprint density at radius 1 is 1.17 bits per heavy atom. The average Bonchev–Trinajstić information content (AvgIpc) is 3.03.